The Morgan fingerprint density at radius 2 is 2.27 bits per heavy atom. The number of fused-ring (bicyclic) bond motifs is 1. The SMILES string of the molecule is C=C1C(=O)OC2CC(CCCC)=C(C)C12. The lowest BCUT2D eigenvalue weighted by molar-refractivity contribution is -0.138. The van der Waals surface area contributed by atoms with E-state index >= 15 is 0 Å². The number of hydrogen-bond donors (Lipinski definition) is 0. The van der Waals surface area contributed by atoms with Crippen molar-refractivity contribution in [1.82, 2.24) is 0 Å². The second-order valence-corrected chi connectivity index (χ2v) is 4.54. The number of hydrogen-bond acceptors (Lipinski definition) is 2. The minimum Gasteiger partial charge on any atom is -0.458 e. The highest BCUT2D eigenvalue weighted by atomic mass is 16.6. The predicted molar refractivity (Wildman–Crippen MR) is 59.4 cm³/mol. The van der Waals surface area contributed by atoms with Crippen molar-refractivity contribution < 1.29 is 9.53 Å². The molecule has 0 aromatic carbocycles. The van der Waals surface area contributed by atoms with Crippen molar-refractivity contribution in [1.29, 1.82) is 0 Å². The third kappa shape index (κ3) is 1.62. The summed E-state index contributed by atoms with van der Waals surface area (Å²) in [6.45, 7) is 8.16. The van der Waals surface area contributed by atoms with E-state index in [0.717, 1.165) is 12.8 Å². The van der Waals surface area contributed by atoms with E-state index in [9.17, 15) is 4.79 Å². The molecule has 0 aromatic rings. The normalized spacial score (nSPS) is 29.7. The van der Waals surface area contributed by atoms with Crippen molar-refractivity contribution >= 4 is 5.97 Å². The summed E-state index contributed by atoms with van der Waals surface area (Å²) in [6, 6.07) is 0. The maximum atomic E-state index is 11.3. The van der Waals surface area contributed by atoms with Crippen LogP contribution in [0.2, 0.25) is 0 Å². The lowest BCUT2D eigenvalue weighted by atomic mass is 9.94. The predicted octanol–water partition coefficient (Wildman–Crippen LogP) is 2.99. The average molecular weight is 206 g/mol. The number of carbonyl (C=O) groups is 1. The van der Waals surface area contributed by atoms with Crippen LogP contribution in [0.5, 0.6) is 0 Å². The standard InChI is InChI=1S/C13H18O2/c1-4-5-6-10-7-11-12(8(10)2)9(3)13(14)15-11/h11-12H,3-7H2,1-2H3. The van der Waals surface area contributed by atoms with Gasteiger partial charge in [0.25, 0.3) is 0 Å². The van der Waals surface area contributed by atoms with E-state index in [0.29, 0.717) is 5.57 Å². The van der Waals surface area contributed by atoms with Gasteiger partial charge in [-0.2, -0.15) is 0 Å². The minimum absolute atomic E-state index is 0.0665. The Labute approximate surface area is 91.0 Å². The molecule has 1 aliphatic heterocycles. The van der Waals surface area contributed by atoms with Crippen molar-refractivity contribution in [3.8, 4) is 0 Å². The zero-order valence-electron chi connectivity index (χ0n) is 9.51. The molecule has 2 heteroatoms. The van der Waals surface area contributed by atoms with E-state index in [2.05, 4.69) is 20.4 Å². The van der Waals surface area contributed by atoms with Crippen LogP contribution in [0.3, 0.4) is 0 Å². The molecular formula is C13H18O2. The molecule has 82 valence electrons. The fourth-order valence-corrected chi connectivity index (χ4v) is 2.65. The number of esters is 1. The Hall–Kier alpha value is -1.05. The van der Waals surface area contributed by atoms with Gasteiger partial charge in [-0.3, -0.25) is 0 Å². The highest BCUT2D eigenvalue weighted by molar-refractivity contribution is 5.92. The van der Waals surface area contributed by atoms with E-state index in [1.54, 1.807) is 0 Å². The van der Waals surface area contributed by atoms with Crippen molar-refractivity contribution in [2.75, 3.05) is 0 Å². The topological polar surface area (TPSA) is 26.3 Å². The van der Waals surface area contributed by atoms with E-state index in [-0.39, 0.29) is 18.0 Å². The van der Waals surface area contributed by atoms with E-state index in [4.69, 9.17) is 4.74 Å². The second kappa shape index (κ2) is 3.84. The molecule has 1 aliphatic carbocycles. The zero-order chi connectivity index (χ0) is 11.0. The first kappa shape index (κ1) is 10.5. The first-order chi connectivity index (χ1) is 7.15. The molecule has 2 atom stereocenters. The van der Waals surface area contributed by atoms with Crippen LogP contribution >= 0.6 is 0 Å². The van der Waals surface area contributed by atoms with Gasteiger partial charge in [0, 0.05) is 17.9 Å². The molecule has 0 N–H and O–H groups in total. The molecule has 0 saturated carbocycles. The molecule has 2 rings (SSSR count). The molecule has 1 saturated heterocycles. The summed E-state index contributed by atoms with van der Waals surface area (Å²) in [5.41, 5.74) is 3.48. The lowest BCUT2D eigenvalue weighted by Gasteiger charge is -2.07. The highest BCUT2D eigenvalue weighted by Crippen LogP contribution is 2.44. The third-order valence-corrected chi connectivity index (χ3v) is 3.57. The molecule has 0 aromatic heterocycles. The van der Waals surface area contributed by atoms with Gasteiger partial charge >= 0.3 is 5.97 Å². The molecule has 0 spiro atoms. The Kier molecular flexibility index (Phi) is 2.68. The van der Waals surface area contributed by atoms with Gasteiger partial charge in [-0.15, -0.1) is 0 Å². The molecule has 15 heavy (non-hydrogen) atoms. The van der Waals surface area contributed by atoms with Crippen LogP contribution in [0.4, 0.5) is 0 Å². The molecule has 2 aliphatic rings. The van der Waals surface area contributed by atoms with Crippen LogP contribution < -0.4 is 0 Å². The van der Waals surface area contributed by atoms with Gasteiger partial charge in [-0.25, -0.2) is 4.79 Å². The van der Waals surface area contributed by atoms with E-state index in [1.807, 2.05) is 0 Å². The number of unbranched alkanes of at least 4 members (excludes halogenated alkanes) is 1. The summed E-state index contributed by atoms with van der Waals surface area (Å²) in [6.07, 6.45) is 4.60. The summed E-state index contributed by atoms with van der Waals surface area (Å²) < 4.78 is 5.30. The van der Waals surface area contributed by atoms with Crippen LogP contribution in [-0.4, -0.2) is 12.1 Å². The van der Waals surface area contributed by atoms with Gasteiger partial charge in [-0.1, -0.05) is 31.1 Å². The van der Waals surface area contributed by atoms with Crippen LogP contribution in [0.15, 0.2) is 23.3 Å². The smallest absolute Gasteiger partial charge is 0.334 e. The third-order valence-electron chi connectivity index (χ3n) is 3.57. The van der Waals surface area contributed by atoms with Gasteiger partial charge in [0.2, 0.25) is 0 Å². The molecule has 0 radical (unpaired) electrons. The van der Waals surface area contributed by atoms with Crippen LogP contribution in [-0.2, 0) is 9.53 Å². The Bertz CT molecular complexity index is 338. The molecule has 1 heterocycles. The summed E-state index contributed by atoms with van der Waals surface area (Å²) >= 11 is 0. The number of rotatable bonds is 3. The molecule has 2 unspecified atom stereocenters. The van der Waals surface area contributed by atoms with Crippen LogP contribution in [0.1, 0.15) is 39.5 Å². The van der Waals surface area contributed by atoms with Crippen molar-refractivity contribution in [3.63, 3.8) is 0 Å². The van der Waals surface area contributed by atoms with Gasteiger partial charge in [0.15, 0.2) is 0 Å². The Morgan fingerprint density at radius 1 is 1.53 bits per heavy atom. The second-order valence-electron chi connectivity index (χ2n) is 4.54. The van der Waals surface area contributed by atoms with Gasteiger partial charge in [-0.05, 0) is 19.8 Å². The number of ether oxygens (including phenoxy) is 1. The average Bonchev–Trinajstić information content (AvgIpc) is 2.64. The van der Waals surface area contributed by atoms with Gasteiger partial charge in [0.05, 0.1) is 0 Å². The molecular weight excluding hydrogens is 188 g/mol. The Balaban J connectivity index is 2.14. The first-order valence-corrected chi connectivity index (χ1v) is 5.73. The van der Waals surface area contributed by atoms with Gasteiger partial charge < -0.3 is 4.74 Å². The molecule has 1 fully saturated rings. The molecule has 0 bridgehead atoms. The number of carbonyl (C=O) groups excluding carboxylic acids is 1. The monoisotopic (exact) mass is 206 g/mol. The molecule has 2 nitrogen and oxygen atoms in total. The van der Waals surface area contributed by atoms with Crippen molar-refractivity contribution in [3.05, 3.63) is 23.3 Å². The maximum Gasteiger partial charge on any atom is 0.334 e. The minimum atomic E-state index is -0.195. The maximum absolute atomic E-state index is 11.3. The largest absolute Gasteiger partial charge is 0.458 e. The fourth-order valence-electron chi connectivity index (χ4n) is 2.65. The zero-order valence-corrected chi connectivity index (χ0v) is 9.51. The summed E-state index contributed by atoms with van der Waals surface area (Å²) in [4.78, 5) is 11.3. The lowest BCUT2D eigenvalue weighted by Crippen LogP contribution is -2.10. The molecule has 0 amide bonds. The summed E-state index contributed by atoms with van der Waals surface area (Å²) in [5, 5.41) is 0. The van der Waals surface area contributed by atoms with Crippen LogP contribution in [0, 0.1) is 5.92 Å². The first-order valence-electron chi connectivity index (χ1n) is 5.73. The van der Waals surface area contributed by atoms with E-state index < -0.39 is 0 Å². The quantitative estimate of drug-likeness (QED) is 0.403. The van der Waals surface area contributed by atoms with Crippen LogP contribution in [0.25, 0.3) is 0 Å². The fraction of sp³-hybridized carbons (Fsp3) is 0.615. The summed E-state index contributed by atoms with van der Waals surface area (Å²) in [5.74, 6) is -0.0109. The highest BCUT2D eigenvalue weighted by Gasteiger charge is 2.44. The summed E-state index contributed by atoms with van der Waals surface area (Å²) in [7, 11) is 0. The van der Waals surface area contributed by atoms with Crippen molar-refractivity contribution in [2.45, 2.75) is 45.6 Å². The van der Waals surface area contributed by atoms with Gasteiger partial charge in [0.1, 0.15) is 6.10 Å². The Morgan fingerprint density at radius 3 is 2.87 bits per heavy atom. The van der Waals surface area contributed by atoms with E-state index in [1.165, 1.54) is 24.0 Å². The van der Waals surface area contributed by atoms with Crippen molar-refractivity contribution in [2.24, 2.45) is 5.92 Å².